The molecule has 0 atom stereocenters. The second kappa shape index (κ2) is 5.77. The number of benzene rings is 1. The first-order chi connectivity index (χ1) is 8.69. The van der Waals surface area contributed by atoms with Crippen LogP contribution in [0.1, 0.15) is 20.8 Å². The van der Waals surface area contributed by atoms with Gasteiger partial charge in [-0.3, -0.25) is 4.84 Å². The van der Waals surface area contributed by atoms with Crippen molar-refractivity contribution in [1.29, 1.82) is 0 Å². The van der Waals surface area contributed by atoms with Crippen LogP contribution in [0.2, 0.25) is 0 Å². The molecule has 0 fully saturated rings. The van der Waals surface area contributed by atoms with Crippen molar-refractivity contribution in [2.75, 3.05) is 14.2 Å². The average Bonchev–Trinajstić information content (AvgIpc) is 2.35. The Kier molecular flexibility index (Phi) is 4.78. The molecule has 1 aromatic carbocycles. The van der Waals surface area contributed by atoms with Crippen molar-refractivity contribution in [2.24, 2.45) is 0 Å². The highest BCUT2D eigenvalue weighted by Gasteiger charge is 2.23. The molecular weight excluding hydrogens is 270 g/mol. The second-order valence-corrected chi connectivity index (χ2v) is 6.43. The minimum absolute atomic E-state index is 0.0430. The molecular formula is C12H19NO5S. The summed E-state index contributed by atoms with van der Waals surface area (Å²) in [6.45, 7) is 5.20. The van der Waals surface area contributed by atoms with Gasteiger partial charge in [-0.25, -0.2) is 8.42 Å². The zero-order valence-corrected chi connectivity index (χ0v) is 12.5. The fourth-order valence-electron chi connectivity index (χ4n) is 1.22. The first kappa shape index (κ1) is 15.7. The Morgan fingerprint density at radius 3 is 2.21 bits per heavy atom. The van der Waals surface area contributed by atoms with Crippen molar-refractivity contribution in [2.45, 2.75) is 31.3 Å². The van der Waals surface area contributed by atoms with E-state index in [1.165, 1.54) is 26.4 Å². The van der Waals surface area contributed by atoms with E-state index in [1.807, 2.05) is 0 Å². The lowest BCUT2D eigenvalue weighted by Gasteiger charge is -2.20. The topological polar surface area (TPSA) is 73.9 Å². The molecule has 0 bridgehead atoms. The van der Waals surface area contributed by atoms with Crippen LogP contribution in [0.25, 0.3) is 0 Å². The molecule has 0 aromatic heterocycles. The summed E-state index contributed by atoms with van der Waals surface area (Å²) in [5.41, 5.74) is -0.640. The molecule has 0 amide bonds. The third kappa shape index (κ3) is 4.38. The van der Waals surface area contributed by atoms with E-state index in [-0.39, 0.29) is 10.6 Å². The van der Waals surface area contributed by atoms with Crippen LogP contribution in [-0.2, 0) is 14.9 Å². The van der Waals surface area contributed by atoms with Gasteiger partial charge in [0.1, 0.15) is 16.4 Å². The molecule has 6 nitrogen and oxygen atoms in total. The Hall–Kier alpha value is -1.31. The maximum absolute atomic E-state index is 12.2. The predicted molar refractivity (Wildman–Crippen MR) is 70.7 cm³/mol. The highest BCUT2D eigenvalue weighted by Crippen LogP contribution is 2.28. The van der Waals surface area contributed by atoms with E-state index in [0.29, 0.717) is 5.75 Å². The predicted octanol–water partition coefficient (Wildman–Crippen LogP) is 1.71. The number of sulfonamides is 1. The van der Waals surface area contributed by atoms with Gasteiger partial charge in [0.05, 0.1) is 19.8 Å². The third-order valence-corrected chi connectivity index (χ3v) is 3.32. The summed E-state index contributed by atoms with van der Waals surface area (Å²) >= 11 is 0. The van der Waals surface area contributed by atoms with Gasteiger partial charge in [-0.2, -0.15) is 0 Å². The summed E-state index contributed by atoms with van der Waals surface area (Å²) in [6.07, 6.45) is 0. The Morgan fingerprint density at radius 1 is 1.11 bits per heavy atom. The molecule has 108 valence electrons. The molecule has 19 heavy (non-hydrogen) atoms. The van der Waals surface area contributed by atoms with Crippen LogP contribution in [0.15, 0.2) is 23.1 Å². The zero-order valence-electron chi connectivity index (χ0n) is 11.7. The minimum Gasteiger partial charge on any atom is -0.497 e. The van der Waals surface area contributed by atoms with Gasteiger partial charge >= 0.3 is 0 Å². The van der Waals surface area contributed by atoms with Crippen molar-refractivity contribution >= 4 is 10.0 Å². The van der Waals surface area contributed by atoms with Crippen LogP contribution in [-0.4, -0.2) is 28.2 Å². The molecule has 0 unspecified atom stereocenters. The molecule has 7 heteroatoms. The number of hydrogen-bond acceptors (Lipinski definition) is 5. The minimum atomic E-state index is -3.85. The fourth-order valence-corrected chi connectivity index (χ4v) is 2.36. The summed E-state index contributed by atoms with van der Waals surface area (Å²) in [6, 6.07) is 4.50. The van der Waals surface area contributed by atoms with Crippen LogP contribution in [0.5, 0.6) is 11.5 Å². The Labute approximate surface area is 113 Å². The first-order valence-electron chi connectivity index (χ1n) is 5.61. The molecule has 1 N–H and O–H groups in total. The van der Waals surface area contributed by atoms with Crippen molar-refractivity contribution in [3.63, 3.8) is 0 Å². The first-order valence-corrected chi connectivity index (χ1v) is 7.10. The molecule has 0 radical (unpaired) electrons. The maximum Gasteiger partial charge on any atom is 0.266 e. The zero-order chi connectivity index (χ0) is 14.7. The van der Waals surface area contributed by atoms with E-state index in [0.717, 1.165) is 0 Å². The van der Waals surface area contributed by atoms with Gasteiger partial charge in [-0.15, -0.1) is 0 Å². The number of methoxy groups -OCH3 is 2. The molecule has 0 aliphatic heterocycles. The van der Waals surface area contributed by atoms with Gasteiger partial charge in [-0.1, -0.05) is 4.89 Å². The van der Waals surface area contributed by atoms with Crippen LogP contribution in [0, 0.1) is 0 Å². The van der Waals surface area contributed by atoms with Crippen LogP contribution in [0.3, 0.4) is 0 Å². The SMILES string of the molecule is COc1ccc(OC)c(S(=O)(=O)NOC(C)(C)C)c1. The van der Waals surface area contributed by atoms with Crippen molar-refractivity contribution in [1.82, 2.24) is 4.89 Å². The van der Waals surface area contributed by atoms with Crippen molar-refractivity contribution in [3.05, 3.63) is 18.2 Å². The van der Waals surface area contributed by atoms with E-state index < -0.39 is 15.6 Å². The molecule has 1 rings (SSSR count). The average molecular weight is 289 g/mol. The quantitative estimate of drug-likeness (QED) is 0.835. The monoisotopic (exact) mass is 289 g/mol. The number of ether oxygens (including phenoxy) is 2. The van der Waals surface area contributed by atoms with Crippen LogP contribution in [0.4, 0.5) is 0 Å². The lowest BCUT2D eigenvalue weighted by atomic mass is 10.2. The van der Waals surface area contributed by atoms with Crippen LogP contribution >= 0.6 is 0 Å². The summed E-state index contributed by atoms with van der Waals surface area (Å²) in [4.78, 5) is 7.12. The van der Waals surface area contributed by atoms with Crippen LogP contribution < -0.4 is 14.4 Å². The lowest BCUT2D eigenvalue weighted by molar-refractivity contribution is -0.0358. The smallest absolute Gasteiger partial charge is 0.266 e. The normalized spacial score (nSPS) is 12.3. The number of hydrogen-bond donors (Lipinski definition) is 1. The van der Waals surface area contributed by atoms with Gasteiger partial charge in [-0.05, 0) is 32.9 Å². The number of rotatable bonds is 5. The molecule has 0 aliphatic carbocycles. The van der Waals surface area contributed by atoms with Gasteiger partial charge < -0.3 is 9.47 Å². The van der Waals surface area contributed by atoms with Gasteiger partial charge in [0.25, 0.3) is 10.0 Å². The molecule has 0 saturated heterocycles. The third-order valence-electron chi connectivity index (χ3n) is 2.12. The Bertz CT molecular complexity index is 534. The Morgan fingerprint density at radius 2 is 1.74 bits per heavy atom. The van der Waals surface area contributed by atoms with Crippen molar-refractivity contribution < 1.29 is 22.7 Å². The summed E-state index contributed by atoms with van der Waals surface area (Å²) in [5, 5.41) is 0. The van der Waals surface area contributed by atoms with E-state index in [2.05, 4.69) is 4.89 Å². The lowest BCUT2D eigenvalue weighted by Crippen LogP contribution is -2.33. The molecule has 0 heterocycles. The highest BCUT2D eigenvalue weighted by atomic mass is 32.2. The molecule has 0 spiro atoms. The van der Waals surface area contributed by atoms with Gasteiger partial charge in [0.2, 0.25) is 0 Å². The van der Waals surface area contributed by atoms with E-state index in [9.17, 15) is 8.42 Å². The summed E-state index contributed by atoms with van der Waals surface area (Å²) in [5.74, 6) is 0.628. The largest absolute Gasteiger partial charge is 0.497 e. The molecule has 1 aromatic rings. The Balaban J connectivity index is 3.12. The molecule has 0 aliphatic rings. The van der Waals surface area contributed by atoms with Gasteiger partial charge in [0.15, 0.2) is 0 Å². The van der Waals surface area contributed by atoms with E-state index >= 15 is 0 Å². The highest BCUT2D eigenvalue weighted by molar-refractivity contribution is 7.89. The standard InChI is InChI=1S/C12H19NO5S/c1-12(2,3)18-13-19(14,15)11-8-9(16-4)6-7-10(11)17-5/h6-8,13H,1-5H3. The second-order valence-electron chi connectivity index (χ2n) is 4.82. The maximum atomic E-state index is 12.2. The summed E-state index contributed by atoms with van der Waals surface area (Å²) < 4.78 is 34.3. The number of nitrogens with one attached hydrogen (secondary N) is 1. The summed E-state index contributed by atoms with van der Waals surface area (Å²) in [7, 11) is -0.996. The van der Waals surface area contributed by atoms with Gasteiger partial charge in [0, 0.05) is 6.07 Å². The van der Waals surface area contributed by atoms with E-state index in [4.69, 9.17) is 14.3 Å². The van der Waals surface area contributed by atoms with E-state index in [1.54, 1.807) is 26.8 Å². The molecule has 0 saturated carbocycles. The fraction of sp³-hybridized carbons (Fsp3) is 0.500. The van der Waals surface area contributed by atoms with Crippen molar-refractivity contribution in [3.8, 4) is 11.5 Å².